The first-order valence-corrected chi connectivity index (χ1v) is 5.47. The van der Waals surface area contributed by atoms with Gasteiger partial charge in [0.15, 0.2) is 5.78 Å². The first kappa shape index (κ1) is 11.9. The van der Waals surface area contributed by atoms with Crippen LogP contribution in [0.3, 0.4) is 0 Å². The van der Waals surface area contributed by atoms with Crippen LogP contribution in [-0.2, 0) is 6.42 Å². The van der Waals surface area contributed by atoms with Crippen molar-refractivity contribution in [1.82, 2.24) is 4.98 Å². The van der Waals surface area contributed by atoms with Crippen molar-refractivity contribution in [2.24, 2.45) is 0 Å². The fraction of sp³-hybridized carbons (Fsp3) is 0.231. The summed E-state index contributed by atoms with van der Waals surface area (Å²) in [4.78, 5) is 16.4. The zero-order valence-corrected chi connectivity index (χ0v) is 10.1. The van der Waals surface area contributed by atoms with E-state index in [1.54, 1.807) is 0 Å². The van der Waals surface area contributed by atoms with Gasteiger partial charge in [-0.3, -0.25) is 9.78 Å². The molecule has 1 heterocycles. The molecule has 3 rings (SSSR count). The average Bonchev–Trinajstić information content (AvgIpc) is 2.29. The van der Waals surface area contributed by atoms with E-state index in [0.717, 1.165) is 29.4 Å². The molecule has 0 amide bonds. The number of Topliss-reactive ketones (excluding diaryl/α,β-unsaturated/α-hetero) is 1. The van der Waals surface area contributed by atoms with Crippen LogP contribution in [0.25, 0.3) is 10.9 Å². The number of carbonyl (C=O) groups excluding carboxylic acids is 1. The maximum Gasteiger partial charge on any atom is 0.166 e. The molecule has 1 aliphatic carbocycles. The molecule has 0 fully saturated rings. The molecule has 0 spiro atoms. The molecule has 0 radical (unpaired) electrons. The van der Waals surface area contributed by atoms with E-state index in [1.165, 1.54) is 0 Å². The minimum Gasteiger partial charge on any atom is -0.398 e. The van der Waals surface area contributed by atoms with Gasteiger partial charge in [-0.25, -0.2) is 0 Å². The number of ketones is 1. The highest BCUT2D eigenvalue weighted by Gasteiger charge is 2.22. The van der Waals surface area contributed by atoms with Crippen molar-refractivity contribution in [2.75, 3.05) is 5.73 Å². The summed E-state index contributed by atoms with van der Waals surface area (Å²) in [5.74, 6) is 0.136. The Kier molecular flexibility index (Phi) is 3.03. The van der Waals surface area contributed by atoms with Crippen LogP contribution in [-0.4, -0.2) is 10.8 Å². The highest BCUT2D eigenvalue weighted by molar-refractivity contribution is 6.08. The Morgan fingerprint density at radius 3 is 2.76 bits per heavy atom. The van der Waals surface area contributed by atoms with Crippen molar-refractivity contribution < 1.29 is 4.79 Å². The number of aromatic nitrogens is 1. The van der Waals surface area contributed by atoms with Crippen LogP contribution in [0.5, 0.6) is 0 Å². The van der Waals surface area contributed by atoms with E-state index in [0.29, 0.717) is 17.7 Å². The van der Waals surface area contributed by atoms with Crippen molar-refractivity contribution in [3.63, 3.8) is 0 Å². The number of halogens is 1. The summed E-state index contributed by atoms with van der Waals surface area (Å²) in [5.41, 5.74) is 9.08. The van der Waals surface area contributed by atoms with Crippen molar-refractivity contribution in [3.8, 4) is 0 Å². The second kappa shape index (κ2) is 4.34. The zero-order chi connectivity index (χ0) is 11.1. The van der Waals surface area contributed by atoms with Crippen LogP contribution in [0.2, 0.25) is 0 Å². The van der Waals surface area contributed by atoms with Gasteiger partial charge in [-0.1, -0.05) is 18.2 Å². The number of nitrogens with zero attached hydrogens (tertiary/aromatic N) is 1. The molecule has 0 bridgehead atoms. The molecule has 88 valence electrons. The molecule has 2 N–H and O–H groups in total. The predicted octanol–water partition coefficient (Wildman–Crippen LogP) is 2.76. The number of para-hydroxylation sites is 1. The van der Waals surface area contributed by atoms with Crippen molar-refractivity contribution >= 4 is 34.8 Å². The lowest BCUT2D eigenvalue weighted by Crippen LogP contribution is -2.15. The van der Waals surface area contributed by atoms with Gasteiger partial charge < -0.3 is 5.73 Å². The van der Waals surface area contributed by atoms with Crippen LogP contribution in [0.1, 0.15) is 28.9 Å². The summed E-state index contributed by atoms with van der Waals surface area (Å²) in [6, 6.07) is 7.71. The van der Waals surface area contributed by atoms with Gasteiger partial charge in [-0.05, 0) is 18.9 Å². The molecule has 17 heavy (non-hydrogen) atoms. The number of hydrogen-bond acceptors (Lipinski definition) is 3. The van der Waals surface area contributed by atoms with Gasteiger partial charge in [0, 0.05) is 11.8 Å². The fourth-order valence-corrected chi connectivity index (χ4v) is 2.32. The highest BCUT2D eigenvalue weighted by Crippen LogP contribution is 2.30. The largest absolute Gasteiger partial charge is 0.398 e. The monoisotopic (exact) mass is 248 g/mol. The maximum atomic E-state index is 11.8. The van der Waals surface area contributed by atoms with Crippen molar-refractivity contribution in [1.29, 1.82) is 0 Å². The molecule has 1 aromatic carbocycles. The summed E-state index contributed by atoms with van der Waals surface area (Å²) >= 11 is 0. The van der Waals surface area contributed by atoms with E-state index in [1.807, 2.05) is 24.3 Å². The number of aryl methyl sites for hydroxylation is 1. The number of anilines is 1. The van der Waals surface area contributed by atoms with Gasteiger partial charge in [0.1, 0.15) is 0 Å². The molecule has 1 aliphatic rings. The van der Waals surface area contributed by atoms with Crippen molar-refractivity contribution in [3.05, 3.63) is 35.5 Å². The van der Waals surface area contributed by atoms with E-state index < -0.39 is 0 Å². The molecule has 4 heteroatoms. The summed E-state index contributed by atoms with van der Waals surface area (Å²) in [6.07, 6.45) is 2.34. The first-order chi connectivity index (χ1) is 7.77. The standard InChI is InChI=1S/C13H12N2O.ClH/c14-13-8-4-1-2-5-9(8)15-10-6-3-7-11(16)12(10)13;/h1-2,4-5H,3,6-7H2,(H2,14,15);1H. The van der Waals surface area contributed by atoms with Crippen LogP contribution < -0.4 is 5.73 Å². The minimum atomic E-state index is 0. The average molecular weight is 249 g/mol. The topological polar surface area (TPSA) is 56.0 Å². The minimum absolute atomic E-state index is 0. The second-order valence-corrected chi connectivity index (χ2v) is 4.14. The van der Waals surface area contributed by atoms with Gasteiger partial charge >= 0.3 is 0 Å². The van der Waals surface area contributed by atoms with E-state index in [-0.39, 0.29) is 18.2 Å². The molecule has 0 unspecified atom stereocenters. The molecule has 0 saturated heterocycles. The smallest absolute Gasteiger partial charge is 0.166 e. The van der Waals surface area contributed by atoms with Gasteiger partial charge in [0.2, 0.25) is 0 Å². The molecule has 0 saturated carbocycles. The summed E-state index contributed by atoms with van der Waals surface area (Å²) in [7, 11) is 0. The molecule has 0 aliphatic heterocycles. The van der Waals surface area contributed by atoms with Crippen molar-refractivity contribution in [2.45, 2.75) is 19.3 Å². The molecular formula is C13H13ClN2O. The molecule has 2 aromatic rings. The number of nitrogens with two attached hydrogens (primary N) is 1. The molecular weight excluding hydrogens is 236 g/mol. The lowest BCUT2D eigenvalue weighted by atomic mass is 9.92. The second-order valence-electron chi connectivity index (χ2n) is 4.14. The Morgan fingerprint density at radius 2 is 1.94 bits per heavy atom. The highest BCUT2D eigenvalue weighted by atomic mass is 35.5. The Hall–Kier alpha value is -1.61. The summed E-state index contributed by atoms with van der Waals surface area (Å²) < 4.78 is 0. The van der Waals surface area contributed by atoms with E-state index in [4.69, 9.17) is 5.73 Å². The Labute approximate surface area is 105 Å². The first-order valence-electron chi connectivity index (χ1n) is 5.47. The third-order valence-electron chi connectivity index (χ3n) is 3.10. The van der Waals surface area contributed by atoms with Crippen LogP contribution in [0.4, 0.5) is 5.69 Å². The molecule has 1 aromatic heterocycles. The number of pyridine rings is 1. The number of fused-ring (bicyclic) bond motifs is 2. The van der Waals surface area contributed by atoms with Gasteiger partial charge in [-0.2, -0.15) is 0 Å². The van der Waals surface area contributed by atoms with Crippen LogP contribution in [0.15, 0.2) is 24.3 Å². The quantitative estimate of drug-likeness (QED) is 0.780. The fourth-order valence-electron chi connectivity index (χ4n) is 2.32. The van der Waals surface area contributed by atoms with Gasteiger partial charge in [0.05, 0.1) is 22.5 Å². The third-order valence-corrected chi connectivity index (χ3v) is 3.10. The van der Waals surface area contributed by atoms with Gasteiger partial charge in [-0.15, -0.1) is 12.4 Å². The Bertz CT molecular complexity index is 595. The number of rotatable bonds is 0. The van der Waals surface area contributed by atoms with Crippen LogP contribution >= 0.6 is 12.4 Å². The third kappa shape index (κ3) is 1.76. The number of benzene rings is 1. The number of nitrogen functional groups attached to an aromatic ring is 1. The van der Waals surface area contributed by atoms with Crippen LogP contribution in [0, 0.1) is 0 Å². The van der Waals surface area contributed by atoms with E-state index in [9.17, 15) is 4.79 Å². The van der Waals surface area contributed by atoms with E-state index >= 15 is 0 Å². The Balaban J connectivity index is 0.00000108. The maximum absolute atomic E-state index is 11.8. The molecule has 0 atom stereocenters. The summed E-state index contributed by atoms with van der Waals surface area (Å²) in [6.45, 7) is 0. The number of carbonyl (C=O) groups is 1. The lowest BCUT2D eigenvalue weighted by molar-refractivity contribution is 0.0973. The number of hydrogen-bond donors (Lipinski definition) is 1. The normalized spacial score (nSPS) is 14.2. The zero-order valence-electron chi connectivity index (χ0n) is 9.27. The Morgan fingerprint density at radius 1 is 1.18 bits per heavy atom. The summed E-state index contributed by atoms with van der Waals surface area (Å²) in [5, 5.41) is 0.886. The van der Waals surface area contributed by atoms with E-state index in [2.05, 4.69) is 4.98 Å². The predicted molar refractivity (Wildman–Crippen MR) is 70.7 cm³/mol. The van der Waals surface area contributed by atoms with Gasteiger partial charge in [0.25, 0.3) is 0 Å². The SMILES string of the molecule is Cl.Nc1c2c(nc3ccccc13)CCCC2=O. The lowest BCUT2D eigenvalue weighted by Gasteiger charge is -2.17. The molecule has 3 nitrogen and oxygen atoms in total.